The van der Waals surface area contributed by atoms with E-state index in [-0.39, 0.29) is 5.56 Å². The zero-order valence-corrected chi connectivity index (χ0v) is 18.0. The van der Waals surface area contributed by atoms with Gasteiger partial charge in [-0.3, -0.25) is 9.78 Å². The standard InChI is InChI=1S/C22H26ClN5O2/c1-15(2)12-27-14-19(3-4-21(27)29)28-13-16(10-25-28)22-20(23)9-18(11-24-22)26-17-5-7-30-8-6-17/h3-4,9-11,13-15,17,26H,5-8,12H2,1-2H3. The van der Waals surface area contributed by atoms with E-state index in [1.165, 1.54) is 0 Å². The second kappa shape index (κ2) is 9.02. The lowest BCUT2D eigenvalue weighted by atomic mass is 10.1. The van der Waals surface area contributed by atoms with E-state index in [1.54, 1.807) is 33.8 Å². The summed E-state index contributed by atoms with van der Waals surface area (Å²) in [6, 6.07) is 5.62. The highest BCUT2D eigenvalue weighted by Gasteiger charge is 2.15. The number of hydrogen-bond acceptors (Lipinski definition) is 5. The predicted octanol–water partition coefficient (Wildman–Crippen LogP) is 4.00. The zero-order chi connectivity index (χ0) is 21.1. The van der Waals surface area contributed by atoms with Gasteiger partial charge in [-0.25, -0.2) is 4.68 Å². The highest BCUT2D eigenvalue weighted by atomic mass is 35.5. The van der Waals surface area contributed by atoms with Crippen molar-refractivity contribution in [1.29, 1.82) is 0 Å². The van der Waals surface area contributed by atoms with Crippen LogP contribution in [0.2, 0.25) is 5.02 Å². The molecule has 0 amide bonds. The summed E-state index contributed by atoms with van der Waals surface area (Å²) in [5.74, 6) is 0.377. The molecule has 1 aliphatic rings. The van der Waals surface area contributed by atoms with Crippen molar-refractivity contribution >= 4 is 17.3 Å². The Morgan fingerprint density at radius 2 is 2.03 bits per heavy atom. The van der Waals surface area contributed by atoms with Crippen LogP contribution in [0.5, 0.6) is 0 Å². The molecule has 1 aliphatic heterocycles. The number of nitrogens with one attached hydrogen (secondary N) is 1. The lowest BCUT2D eigenvalue weighted by Crippen LogP contribution is -2.27. The Balaban J connectivity index is 1.54. The first-order valence-corrected chi connectivity index (χ1v) is 10.6. The molecule has 0 spiro atoms. The summed E-state index contributed by atoms with van der Waals surface area (Å²) in [7, 11) is 0. The maximum atomic E-state index is 12.1. The second-order valence-electron chi connectivity index (χ2n) is 8.03. The summed E-state index contributed by atoms with van der Waals surface area (Å²) in [5, 5.41) is 8.49. The van der Waals surface area contributed by atoms with Gasteiger partial charge in [-0.2, -0.15) is 5.10 Å². The van der Waals surface area contributed by atoms with Gasteiger partial charge in [-0.1, -0.05) is 25.4 Å². The number of rotatable bonds is 6. The average molecular weight is 428 g/mol. The van der Waals surface area contributed by atoms with Crippen LogP contribution in [-0.2, 0) is 11.3 Å². The average Bonchev–Trinajstić information content (AvgIpc) is 3.20. The Labute approximate surface area is 180 Å². The largest absolute Gasteiger partial charge is 0.381 e. The second-order valence-corrected chi connectivity index (χ2v) is 8.44. The van der Waals surface area contributed by atoms with Gasteiger partial charge < -0.3 is 14.6 Å². The van der Waals surface area contributed by atoms with E-state index in [0.717, 1.165) is 43.0 Å². The molecular weight excluding hydrogens is 402 g/mol. The van der Waals surface area contributed by atoms with Crippen LogP contribution in [0.25, 0.3) is 16.9 Å². The van der Waals surface area contributed by atoms with Crippen LogP contribution < -0.4 is 10.9 Å². The molecule has 3 aromatic heterocycles. The van der Waals surface area contributed by atoms with E-state index in [2.05, 4.69) is 29.2 Å². The summed E-state index contributed by atoms with van der Waals surface area (Å²) >= 11 is 6.53. The Morgan fingerprint density at radius 1 is 1.23 bits per heavy atom. The van der Waals surface area contributed by atoms with E-state index >= 15 is 0 Å². The molecule has 0 aromatic carbocycles. The number of pyridine rings is 2. The Hall–Kier alpha value is -2.64. The molecule has 0 atom stereocenters. The van der Waals surface area contributed by atoms with Gasteiger partial charge in [0.1, 0.15) is 0 Å². The summed E-state index contributed by atoms with van der Waals surface area (Å²) in [6.45, 7) is 6.38. The van der Waals surface area contributed by atoms with Crippen LogP contribution in [0.15, 0.2) is 47.8 Å². The lowest BCUT2D eigenvalue weighted by molar-refractivity contribution is 0.0904. The van der Waals surface area contributed by atoms with E-state index in [0.29, 0.717) is 29.2 Å². The number of ether oxygens (including phenoxy) is 1. The Kier molecular flexibility index (Phi) is 6.20. The van der Waals surface area contributed by atoms with Crippen molar-refractivity contribution in [3.63, 3.8) is 0 Å². The molecule has 0 aliphatic carbocycles. The highest BCUT2D eigenvalue weighted by molar-refractivity contribution is 6.33. The zero-order valence-electron chi connectivity index (χ0n) is 17.2. The molecule has 0 unspecified atom stereocenters. The van der Waals surface area contributed by atoms with Crippen LogP contribution in [0.3, 0.4) is 0 Å². The Bertz CT molecular complexity index is 1070. The van der Waals surface area contributed by atoms with Crippen molar-refractivity contribution in [2.24, 2.45) is 5.92 Å². The van der Waals surface area contributed by atoms with Crippen LogP contribution in [0.4, 0.5) is 5.69 Å². The van der Waals surface area contributed by atoms with Gasteiger partial charge in [0.05, 0.1) is 34.5 Å². The third-order valence-corrected chi connectivity index (χ3v) is 5.37. The third kappa shape index (κ3) is 4.74. The predicted molar refractivity (Wildman–Crippen MR) is 118 cm³/mol. The topological polar surface area (TPSA) is 74.0 Å². The van der Waals surface area contributed by atoms with Gasteiger partial charge in [0.15, 0.2) is 0 Å². The third-order valence-electron chi connectivity index (χ3n) is 5.08. The summed E-state index contributed by atoms with van der Waals surface area (Å²) in [4.78, 5) is 16.6. The van der Waals surface area contributed by atoms with Crippen molar-refractivity contribution in [1.82, 2.24) is 19.3 Å². The SMILES string of the molecule is CC(C)Cn1cc(-n2cc(-c3ncc(NC4CCOCC4)cc3Cl)cn2)ccc1=O. The molecule has 7 nitrogen and oxygen atoms in total. The van der Waals surface area contributed by atoms with Crippen molar-refractivity contribution in [2.75, 3.05) is 18.5 Å². The first kappa shape index (κ1) is 20.6. The fourth-order valence-electron chi connectivity index (χ4n) is 3.58. The van der Waals surface area contributed by atoms with Gasteiger partial charge >= 0.3 is 0 Å². The summed E-state index contributed by atoms with van der Waals surface area (Å²) < 4.78 is 8.85. The van der Waals surface area contributed by atoms with Crippen LogP contribution in [-0.4, -0.2) is 38.6 Å². The smallest absolute Gasteiger partial charge is 0.250 e. The molecule has 1 saturated heterocycles. The number of nitrogens with zero attached hydrogens (tertiary/aromatic N) is 4. The molecule has 4 rings (SSSR count). The van der Waals surface area contributed by atoms with Crippen molar-refractivity contribution < 1.29 is 4.74 Å². The number of hydrogen-bond donors (Lipinski definition) is 1. The molecule has 8 heteroatoms. The minimum absolute atomic E-state index is 0.0165. The van der Waals surface area contributed by atoms with Gasteiger partial charge in [0, 0.05) is 49.8 Å². The summed E-state index contributed by atoms with van der Waals surface area (Å²) in [5.41, 5.74) is 3.20. The fourth-order valence-corrected chi connectivity index (χ4v) is 3.86. The molecule has 158 valence electrons. The summed E-state index contributed by atoms with van der Waals surface area (Å²) in [6.07, 6.45) is 9.19. The maximum Gasteiger partial charge on any atom is 0.250 e. The molecule has 0 saturated carbocycles. The number of aromatic nitrogens is 4. The molecular formula is C22H26ClN5O2. The van der Waals surface area contributed by atoms with Crippen LogP contribution >= 0.6 is 11.6 Å². The van der Waals surface area contributed by atoms with E-state index in [1.807, 2.05) is 18.5 Å². The first-order valence-electron chi connectivity index (χ1n) is 10.3. The van der Waals surface area contributed by atoms with Gasteiger partial charge in [-0.05, 0) is 30.9 Å². The normalized spacial score (nSPS) is 14.9. The minimum Gasteiger partial charge on any atom is -0.381 e. The Morgan fingerprint density at radius 3 is 2.77 bits per heavy atom. The molecule has 0 bridgehead atoms. The molecule has 30 heavy (non-hydrogen) atoms. The van der Waals surface area contributed by atoms with Crippen molar-refractivity contribution in [2.45, 2.75) is 39.3 Å². The molecule has 3 aromatic rings. The number of halogens is 1. The first-order chi connectivity index (χ1) is 14.5. The minimum atomic E-state index is -0.0165. The van der Waals surface area contributed by atoms with Crippen LogP contribution in [0, 0.1) is 5.92 Å². The molecule has 4 heterocycles. The van der Waals surface area contributed by atoms with E-state index in [4.69, 9.17) is 16.3 Å². The quantitative estimate of drug-likeness (QED) is 0.643. The molecule has 1 N–H and O–H groups in total. The van der Waals surface area contributed by atoms with Gasteiger partial charge in [0.2, 0.25) is 0 Å². The van der Waals surface area contributed by atoms with Crippen molar-refractivity contribution in [3.8, 4) is 16.9 Å². The van der Waals surface area contributed by atoms with Gasteiger partial charge in [0.25, 0.3) is 5.56 Å². The van der Waals surface area contributed by atoms with E-state index < -0.39 is 0 Å². The molecule has 1 fully saturated rings. The monoisotopic (exact) mass is 427 g/mol. The van der Waals surface area contributed by atoms with E-state index in [9.17, 15) is 4.79 Å². The maximum absolute atomic E-state index is 12.1. The van der Waals surface area contributed by atoms with Crippen molar-refractivity contribution in [3.05, 3.63) is 58.4 Å². The van der Waals surface area contributed by atoms with Crippen LogP contribution in [0.1, 0.15) is 26.7 Å². The molecule has 0 radical (unpaired) electrons. The lowest BCUT2D eigenvalue weighted by Gasteiger charge is -2.24. The van der Waals surface area contributed by atoms with Gasteiger partial charge in [-0.15, -0.1) is 0 Å². The number of anilines is 1. The fraction of sp³-hybridized carbons (Fsp3) is 0.409. The highest BCUT2D eigenvalue weighted by Crippen LogP contribution is 2.29.